The Morgan fingerprint density at radius 3 is 3.05 bits per heavy atom. The summed E-state index contributed by atoms with van der Waals surface area (Å²) in [5.41, 5.74) is 1.63. The second kappa shape index (κ2) is 5.73. The number of ether oxygens (including phenoxy) is 1. The normalized spacial score (nSPS) is 25.0. The lowest BCUT2D eigenvalue weighted by atomic mass is 9.85. The van der Waals surface area contributed by atoms with E-state index in [4.69, 9.17) is 4.74 Å². The molecule has 1 fully saturated rings. The van der Waals surface area contributed by atoms with E-state index in [9.17, 15) is 9.18 Å². The zero-order valence-electron chi connectivity index (χ0n) is 12.3. The van der Waals surface area contributed by atoms with Crippen LogP contribution >= 0.6 is 0 Å². The van der Waals surface area contributed by atoms with Crippen molar-refractivity contribution in [2.75, 3.05) is 33.4 Å². The second-order valence-corrected chi connectivity index (χ2v) is 6.03. The number of nitrogens with one attached hydrogen (secondary N) is 1. The van der Waals surface area contributed by atoms with Gasteiger partial charge in [-0.2, -0.15) is 0 Å². The van der Waals surface area contributed by atoms with Crippen molar-refractivity contribution in [1.82, 2.24) is 10.2 Å². The highest BCUT2D eigenvalue weighted by molar-refractivity contribution is 5.84. The summed E-state index contributed by atoms with van der Waals surface area (Å²) in [4.78, 5) is 14.8. The molecule has 0 radical (unpaired) electrons. The van der Waals surface area contributed by atoms with Gasteiger partial charge >= 0.3 is 0 Å². The lowest BCUT2D eigenvalue weighted by Gasteiger charge is -2.36. The van der Waals surface area contributed by atoms with E-state index in [1.807, 2.05) is 4.90 Å². The Hall–Kier alpha value is -1.46. The average molecular weight is 292 g/mol. The van der Waals surface area contributed by atoms with Gasteiger partial charge in [0, 0.05) is 26.7 Å². The molecule has 21 heavy (non-hydrogen) atoms. The van der Waals surface area contributed by atoms with Gasteiger partial charge in [0.1, 0.15) is 5.82 Å². The molecule has 1 saturated heterocycles. The first-order valence-electron chi connectivity index (χ1n) is 7.41. The fraction of sp³-hybridized carbons (Fsp3) is 0.562. The van der Waals surface area contributed by atoms with Crippen molar-refractivity contribution >= 4 is 5.91 Å². The molecule has 4 nitrogen and oxygen atoms in total. The number of hydrogen-bond donors (Lipinski definition) is 1. The van der Waals surface area contributed by atoms with E-state index in [2.05, 4.69) is 5.32 Å². The van der Waals surface area contributed by atoms with E-state index in [0.717, 1.165) is 30.5 Å². The Labute approximate surface area is 124 Å². The van der Waals surface area contributed by atoms with Crippen LogP contribution in [0.25, 0.3) is 0 Å². The van der Waals surface area contributed by atoms with Gasteiger partial charge in [0.15, 0.2) is 0 Å². The summed E-state index contributed by atoms with van der Waals surface area (Å²) in [5, 5.41) is 3.27. The van der Waals surface area contributed by atoms with Gasteiger partial charge in [0.25, 0.3) is 0 Å². The number of rotatable bonds is 3. The molecule has 1 unspecified atom stereocenters. The molecule has 0 saturated carbocycles. The van der Waals surface area contributed by atoms with Crippen molar-refractivity contribution in [3.8, 4) is 0 Å². The SMILES string of the molecule is COCC1(C(=O)N2CCc3cc(F)ccc3C2)CCNC1. The lowest BCUT2D eigenvalue weighted by molar-refractivity contribution is -0.145. The number of benzene rings is 1. The molecule has 0 aliphatic carbocycles. The van der Waals surface area contributed by atoms with E-state index < -0.39 is 5.41 Å². The number of carbonyl (C=O) groups excluding carboxylic acids is 1. The lowest BCUT2D eigenvalue weighted by Crippen LogP contribution is -2.49. The van der Waals surface area contributed by atoms with Gasteiger partial charge in [-0.05, 0) is 42.6 Å². The number of halogens is 1. The van der Waals surface area contributed by atoms with Gasteiger partial charge in [-0.25, -0.2) is 4.39 Å². The number of hydrogen-bond acceptors (Lipinski definition) is 3. The summed E-state index contributed by atoms with van der Waals surface area (Å²) in [6, 6.07) is 4.84. The minimum absolute atomic E-state index is 0.157. The molecule has 1 atom stereocenters. The van der Waals surface area contributed by atoms with Crippen LogP contribution in [0, 0.1) is 11.2 Å². The van der Waals surface area contributed by atoms with Crippen LogP contribution in [-0.4, -0.2) is 44.2 Å². The molecule has 1 aromatic rings. The first-order valence-corrected chi connectivity index (χ1v) is 7.41. The number of nitrogens with zero attached hydrogens (tertiary/aromatic N) is 1. The van der Waals surface area contributed by atoms with Crippen molar-refractivity contribution in [1.29, 1.82) is 0 Å². The van der Waals surface area contributed by atoms with Crippen molar-refractivity contribution in [3.63, 3.8) is 0 Å². The fourth-order valence-corrected chi connectivity index (χ4v) is 3.42. The summed E-state index contributed by atoms with van der Waals surface area (Å²) >= 11 is 0. The molecule has 3 rings (SSSR count). The third kappa shape index (κ3) is 2.68. The summed E-state index contributed by atoms with van der Waals surface area (Å²) < 4.78 is 18.5. The largest absolute Gasteiger partial charge is 0.384 e. The van der Waals surface area contributed by atoms with Crippen LogP contribution in [0.2, 0.25) is 0 Å². The van der Waals surface area contributed by atoms with Crippen molar-refractivity contribution < 1.29 is 13.9 Å². The van der Waals surface area contributed by atoms with Gasteiger partial charge in [-0.3, -0.25) is 4.79 Å². The Kier molecular flexibility index (Phi) is 3.95. The van der Waals surface area contributed by atoms with Crippen LogP contribution in [0.15, 0.2) is 18.2 Å². The highest BCUT2D eigenvalue weighted by atomic mass is 19.1. The summed E-state index contributed by atoms with van der Waals surface area (Å²) in [7, 11) is 1.64. The molecule has 2 aliphatic rings. The van der Waals surface area contributed by atoms with Crippen LogP contribution in [0.4, 0.5) is 4.39 Å². The summed E-state index contributed by atoms with van der Waals surface area (Å²) in [5.74, 6) is -0.0475. The van der Waals surface area contributed by atoms with E-state index in [-0.39, 0.29) is 11.7 Å². The minimum atomic E-state index is -0.438. The highest BCUT2D eigenvalue weighted by Gasteiger charge is 2.44. The van der Waals surface area contributed by atoms with Gasteiger partial charge in [-0.1, -0.05) is 6.07 Å². The van der Waals surface area contributed by atoms with Crippen LogP contribution < -0.4 is 5.32 Å². The molecule has 1 aromatic carbocycles. The summed E-state index contributed by atoms with van der Waals surface area (Å²) in [6.45, 7) is 3.20. The number of methoxy groups -OCH3 is 1. The number of carbonyl (C=O) groups is 1. The van der Waals surface area contributed by atoms with Crippen molar-refractivity contribution in [2.45, 2.75) is 19.4 Å². The Bertz CT molecular complexity index is 541. The maximum Gasteiger partial charge on any atom is 0.232 e. The third-order valence-electron chi connectivity index (χ3n) is 4.59. The third-order valence-corrected chi connectivity index (χ3v) is 4.59. The molecule has 5 heteroatoms. The molecule has 0 bridgehead atoms. The smallest absolute Gasteiger partial charge is 0.232 e. The van der Waals surface area contributed by atoms with Crippen LogP contribution in [0.5, 0.6) is 0 Å². The average Bonchev–Trinajstić information content (AvgIpc) is 2.96. The topological polar surface area (TPSA) is 41.6 Å². The quantitative estimate of drug-likeness (QED) is 0.914. The number of fused-ring (bicyclic) bond motifs is 1. The van der Waals surface area contributed by atoms with Gasteiger partial charge in [0.05, 0.1) is 12.0 Å². The monoisotopic (exact) mass is 292 g/mol. The Morgan fingerprint density at radius 1 is 1.48 bits per heavy atom. The molecular formula is C16H21FN2O2. The first-order chi connectivity index (χ1) is 10.1. The standard InChI is InChI=1S/C16H21FN2O2/c1-21-11-16(5-6-18-10-16)15(20)19-7-4-12-8-14(17)3-2-13(12)9-19/h2-3,8,18H,4-7,9-11H2,1H3. The Balaban J connectivity index is 1.78. The predicted molar refractivity (Wildman–Crippen MR) is 77.3 cm³/mol. The molecule has 2 heterocycles. The molecule has 114 valence electrons. The molecular weight excluding hydrogens is 271 g/mol. The molecule has 2 aliphatic heterocycles. The van der Waals surface area contributed by atoms with Crippen molar-refractivity contribution in [3.05, 3.63) is 35.1 Å². The summed E-state index contributed by atoms with van der Waals surface area (Å²) in [6.07, 6.45) is 1.53. The van der Waals surface area contributed by atoms with E-state index >= 15 is 0 Å². The molecule has 1 amide bonds. The molecule has 0 aromatic heterocycles. The zero-order chi connectivity index (χ0) is 14.9. The maximum absolute atomic E-state index is 13.3. The fourth-order valence-electron chi connectivity index (χ4n) is 3.42. The van der Waals surface area contributed by atoms with Crippen LogP contribution in [-0.2, 0) is 22.5 Å². The van der Waals surface area contributed by atoms with Crippen LogP contribution in [0.3, 0.4) is 0 Å². The predicted octanol–water partition coefficient (Wildman–Crippen LogP) is 1.34. The maximum atomic E-state index is 13.3. The molecule has 1 N–H and O–H groups in total. The van der Waals surface area contributed by atoms with E-state index in [1.54, 1.807) is 19.2 Å². The Morgan fingerprint density at radius 2 is 2.33 bits per heavy atom. The first kappa shape index (κ1) is 14.5. The van der Waals surface area contributed by atoms with Crippen LogP contribution in [0.1, 0.15) is 17.5 Å². The van der Waals surface area contributed by atoms with E-state index in [1.165, 1.54) is 6.07 Å². The van der Waals surface area contributed by atoms with Crippen molar-refractivity contribution in [2.24, 2.45) is 5.41 Å². The van der Waals surface area contributed by atoms with Gasteiger partial charge in [-0.15, -0.1) is 0 Å². The molecule has 0 spiro atoms. The van der Waals surface area contributed by atoms with Gasteiger partial charge in [0.2, 0.25) is 5.91 Å². The van der Waals surface area contributed by atoms with E-state index in [0.29, 0.717) is 26.2 Å². The van der Waals surface area contributed by atoms with Gasteiger partial charge < -0.3 is 15.0 Å². The highest BCUT2D eigenvalue weighted by Crippen LogP contribution is 2.31. The number of amides is 1. The second-order valence-electron chi connectivity index (χ2n) is 6.03. The minimum Gasteiger partial charge on any atom is -0.384 e. The zero-order valence-corrected chi connectivity index (χ0v) is 12.3.